The fourth-order valence-electron chi connectivity index (χ4n) is 2.99. The molecule has 0 bridgehead atoms. The maximum atomic E-state index is 13.1. The molecule has 0 atom stereocenters. The first kappa shape index (κ1) is 21.2. The molecule has 1 heterocycles. The van der Waals surface area contributed by atoms with Gasteiger partial charge in [0.25, 0.3) is 11.5 Å². The lowest BCUT2D eigenvalue weighted by molar-refractivity contribution is 0.0927. The van der Waals surface area contributed by atoms with E-state index in [-0.39, 0.29) is 18.8 Å². The van der Waals surface area contributed by atoms with Crippen molar-refractivity contribution in [1.29, 1.82) is 0 Å². The van der Waals surface area contributed by atoms with Gasteiger partial charge in [0.1, 0.15) is 0 Å². The van der Waals surface area contributed by atoms with Crippen LogP contribution in [-0.2, 0) is 11.3 Å². The van der Waals surface area contributed by atoms with Crippen molar-refractivity contribution >= 4 is 5.91 Å². The van der Waals surface area contributed by atoms with Crippen LogP contribution in [0.3, 0.4) is 0 Å². The van der Waals surface area contributed by atoms with Crippen LogP contribution in [0, 0.1) is 13.8 Å². The van der Waals surface area contributed by atoms with E-state index in [1.165, 1.54) is 7.11 Å². The molecule has 8 nitrogen and oxygen atoms in total. The Hall–Kier alpha value is -3.52. The van der Waals surface area contributed by atoms with E-state index in [0.29, 0.717) is 12.3 Å². The number of rotatable bonds is 7. The van der Waals surface area contributed by atoms with Crippen molar-refractivity contribution < 1.29 is 9.53 Å². The molecule has 1 aromatic heterocycles. The summed E-state index contributed by atoms with van der Waals surface area (Å²) in [6.07, 6.45) is 0. The summed E-state index contributed by atoms with van der Waals surface area (Å²) in [5, 5.41) is 6.68. The zero-order valence-electron chi connectivity index (χ0n) is 17.2. The Morgan fingerprint density at radius 1 is 1.07 bits per heavy atom. The van der Waals surface area contributed by atoms with Crippen molar-refractivity contribution in [2.24, 2.45) is 0 Å². The van der Waals surface area contributed by atoms with Crippen molar-refractivity contribution in [1.82, 2.24) is 19.7 Å². The first-order chi connectivity index (χ1) is 14.4. The quantitative estimate of drug-likeness (QED) is 0.597. The Kier molecular flexibility index (Phi) is 6.58. The first-order valence-electron chi connectivity index (χ1n) is 9.54. The largest absolute Gasteiger partial charge is 0.383 e. The lowest BCUT2D eigenvalue weighted by Gasteiger charge is -2.13. The van der Waals surface area contributed by atoms with Crippen LogP contribution in [0.15, 0.2) is 58.1 Å². The summed E-state index contributed by atoms with van der Waals surface area (Å²) in [4.78, 5) is 38.7. The Labute approximate surface area is 173 Å². The lowest BCUT2D eigenvalue weighted by atomic mass is 10.1. The number of aromatic nitrogens is 3. The van der Waals surface area contributed by atoms with E-state index >= 15 is 0 Å². The predicted octanol–water partition coefficient (Wildman–Crippen LogP) is 1.44. The average molecular weight is 408 g/mol. The van der Waals surface area contributed by atoms with Crippen molar-refractivity contribution in [3.05, 3.63) is 91.8 Å². The minimum absolute atomic E-state index is 0.0338. The zero-order valence-corrected chi connectivity index (χ0v) is 17.2. The molecule has 0 saturated heterocycles. The summed E-state index contributed by atoms with van der Waals surface area (Å²) in [6.45, 7) is 4.40. The van der Waals surface area contributed by atoms with E-state index in [1.807, 2.05) is 50.2 Å². The van der Waals surface area contributed by atoms with Crippen LogP contribution in [0.5, 0.6) is 0 Å². The maximum absolute atomic E-state index is 13.1. The smallest absolute Gasteiger partial charge is 0.352 e. The number of nitrogens with zero attached hydrogens (tertiary/aromatic N) is 3. The monoisotopic (exact) mass is 408 g/mol. The van der Waals surface area contributed by atoms with E-state index in [9.17, 15) is 14.4 Å². The molecule has 30 heavy (non-hydrogen) atoms. The number of benzene rings is 2. The van der Waals surface area contributed by atoms with Gasteiger partial charge in [-0.1, -0.05) is 47.5 Å². The predicted molar refractivity (Wildman–Crippen MR) is 113 cm³/mol. The van der Waals surface area contributed by atoms with Crippen LogP contribution < -0.4 is 16.6 Å². The highest BCUT2D eigenvalue weighted by atomic mass is 16.5. The van der Waals surface area contributed by atoms with Crippen LogP contribution in [0.2, 0.25) is 0 Å². The third-order valence-corrected chi connectivity index (χ3v) is 4.57. The minimum Gasteiger partial charge on any atom is -0.383 e. The van der Waals surface area contributed by atoms with Gasteiger partial charge in [0, 0.05) is 13.7 Å². The number of carbonyl (C=O) groups is 1. The van der Waals surface area contributed by atoms with Gasteiger partial charge in [0.2, 0.25) is 5.69 Å². The number of amides is 1. The van der Waals surface area contributed by atoms with E-state index < -0.39 is 17.2 Å². The van der Waals surface area contributed by atoms with Gasteiger partial charge in [-0.15, -0.1) is 0 Å². The molecule has 156 valence electrons. The molecule has 2 aromatic carbocycles. The highest BCUT2D eigenvalue weighted by Gasteiger charge is 2.20. The molecule has 0 fully saturated rings. The topological polar surface area (TPSA) is 95.2 Å². The first-order valence-corrected chi connectivity index (χ1v) is 9.54. The van der Waals surface area contributed by atoms with Crippen molar-refractivity contribution in [2.75, 3.05) is 20.3 Å². The summed E-state index contributed by atoms with van der Waals surface area (Å²) >= 11 is 0. The molecular formula is C22H24N4O4. The van der Waals surface area contributed by atoms with Crippen LogP contribution >= 0.6 is 0 Å². The second-order valence-corrected chi connectivity index (χ2v) is 7.01. The van der Waals surface area contributed by atoms with E-state index in [4.69, 9.17) is 4.74 Å². The Morgan fingerprint density at radius 2 is 1.80 bits per heavy atom. The molecule has 1 amide bonds. The van der Waals surface area contributed by atoms with E-state index in [2.05, 4.69) is 10.4 Å². The van der Waals surface area contributed by atoms with Crippen molar-refractivity contribution in [2.45, 2.75) is 20.4 Å². The van der Waals surface area contributed by atoms with Gasteiger partial charge in [0.15, 0.2) is 0 Å². The lowest BCUT2D eigenvalue weighted by Crippen LogP contribution is -2.46. The summed E-state index contributed by atoms with van der Waals surface area (Å²) in [5.41, 5.74) is 1.57. The molecular weight excluding hydrogens is 384 g/mol. The fourth-order valence-corrected chi connectivity index (χ4v) is 2.99. The molecule has 0 saturated carbocycles. The number of carbonyl (C=O) groups excluding carboxylic acids is 1. The Balaban J connectivity index is 2.13. The maximum Gasteiger partial charge on any atom is 0.352 e. The molecule has 0 aliphatic heterocycles. The normalized spacial score (nSPS) is 10.8. The number of hydrogen-bond donors (Lipinski definition) is 1. The molecule has 0 spiro atoms. The Morgan fingerprint density at radius 3 is 2.47 bits per heavy atom. The SMILES string of the molecule is COCCNC(=O)c1nn(-c2ccc(C)cc2)c(=O)n(Cc2cccc(C)c2)c1=O. The van der Waals surface area contributed by atoms with Gasteiger partial charge in [-0.05, 0) is 31.5 Å². The minimum atomic E-state index is -0.736. The van der Waals surface area contributed by atoms with Gasteiger partial charge < -0.3 is 10.1 Å². The average Bonchev–Trinajstić information content (AvgIpc) is 2.72. The second kappa shape index (κ2) is 9.32. The molecule has 0 radical (unpaired) electrons. The molecule has 3 aromatic rings. The summed E-state index contributed by atoms with van der Waals surface area (Å²) < 4.78 is 7.04. The molecule has 0 unspecified atom stereocenters. The van der Waals surface area contributed by atoms with Crippen molar-refractivity contribution in [3.63, 3.8) is 0 Å². The van der Waals surface area contributed by atoms with Gasteiger partial charge in [-0.3, -0.25) is 14.2 Å². The van der Waals surface area contributed by atoms with Crippen LogP contribution in [0.1, 0.15) is 27.2 Å². The molecule has 0 aliphatic rings. The molecule has 3 rings (SSSR count). The van der Waals surface area contributed by atoms with Crippen LogP contribution in [0.4, 0.5) is 0 Å². The number of nitrogens with one attached hydrogen (secondary N) is 1. The highest BCUT2D eigenvalue weighted by molar-refractivity contribution is 5.91. The third kappa shape index (κ3) is 4.72. The second-order valence-electron chi connectivity index (χ2n) is 7.01. The van der Waals surface area contributed by atoms with E-state index in [1.54, 1.807) is 12.1 Å². The van der Waals surface area contributed by atoms with E-state index in [0.717, 1.165) is 25.9 Å². The molecule has 8 heteroatoms. The van der Waals surface area contributed by atoms with Gasteiger partial charge in [-0.2, -0.15) is 9.78 Å². The van der Waals surface area contributed by atoms with Crippen molar-refractivity contribution in [3.8, 4) is 5.69 Å². The summed E-state index contributed by atoms with van der Waals surface area (Å²) in [6, 6.07) is 14.6. The Bertz CT molecular complexity index is 1160. The highest BCUT2D eigenvalue weighted by Crippen LogP contribution is 2.07. The number of hydrogen-bond acceptors (Lipinski definition) is 5. The molecule has 0 aliphatic carbocycles. The van der Waals surface area contributed by atoms with Crippen LogP contribution in [0.25, 0.3) is 5.69 Å². The number of aryl methyl sites for hydroxylation is 2. The van der Waals surface area contributed by atoms with Gasteiger partial charge in [0.05, 0.1) is 18.8 Å². The van der Waals surface area contributed by atoms with Gasteiger partial charge >= 0.3 is 5.69 Å². The zero-order chi connectivity index (χ0) is 21.7. The standard InChI is InChI=1S/C22H24N4O4/c1-15-7-9-18(10-8-15)26-22(29)25(14-17-6-4-5-16(2)13-17)21(28)19(24-26)20(27)23-11-12-30-3/h4-10,13H,11-12,14H2,1-3H3,(H,23,27). The fraction of sp³-hybridized carbons (Fsp3) is 0.273. The third-order valence-electron chi connectivity index (χ3n) is 4.57. The van der Waals surface area contributed by atoms with Crippen LogP contribution in [-0.4, -0.2) is 40.5 Å². The number of ether oxygens (including phenoxy) is 1. The molecule has 1 N–H and O–H groups in total. The van der Waals surface area contributed by atoms with Gasteiger partial charge in [-0.25, -0.2) is 4.79 Å². The number of methoxy groups -OCH3 is 1. The summed E-state index contributed by atoms with van der Waals surface area (Å²) in [5.74, 6) is -0.657. The summed E-state index contributed by atoms with van der Waals surface area (Å²) in [7, 11) is 1.51.